The predicted molar refractivity (Wildman–Crippen MR) is 148 cm³/mol. The van der Waals surface area contributed by atoms with Gasteiger partial charge in [0.1, 0.15) is 5.82 Å². The molecule has 3 N–H and O–H groups in total. The van der Waals surface area contributed by atoms with Crippen molar-refractivity contribution in [3.8, 4) is 11.3 Å². The van der Waals surface area contributed by atoms with Crippen LogP contribution in [0.3, 0.4) is 0 Å². The summed E-state index contributed by atoms with van der Waals surface area (Å²) in [5.74, 6) is -0.473. The highest BCUT2D eigenvalue weighted by molar-refractivity contribution is 5.68. The van der Waals surface area contributed by atoms with Crippen LogP contribution in [-0.4, -0.2) is 50.8 Å². The minimum Gasteiger partial charge on any atom is -0.450 e. The Morgan fingerprint density at radius 2 is 1.78 bits per heavy atom. The molecule has 0 bridgehead atoms. The number of nitrogens with one attached hydrogen (secondary N) is 2. The van der Waals surface area contributed by atoms with Crippen molar-refractivity contribution in [2.24, 2.45) is 5.41 Å². The van der Waals surface area contributed by atoms with E-state index < -0.39 is 40.8 Å². The van der Waals surface area contributed by atoms with Crippen LogP contribution in [-0.2, 0) is 17.5 Å². The fraction of sp³-hybridized carbons (Fsp3) is 0.483. The lowest BCUT2D eigenvalue weighted by atomic mass is 9.66. The van der Waals surface area contributed by atoms with E-state index in [2.05, 4.69) is 20.7 Å². The van der Waals surface area contributed by atoms with Crippen LogP contribution in [0.15, 0.2) is 54.7 Å². The Labute approximate surface area is 237 Å². The largest absolute Gasteiger partial charge is 0.450 e. The number of benzene rings is 1. The molecule has 1 amide bonds. The molecular formula is C29H37F4N5O3. The fourth-order valence-corrected chi connectivity index (χ4v) is 4.89. The molecule has 0 spiro atoms. The van der Waals surface area contributed by atoms with Crippen LogP contribution >= 0.6 is 0 Å². The van der Waals surface area contributed by atoms with Gasteiger partial charge in [-0.1, -0.05) is 52.3 Å². The number of hydrogen-bond acceptors (Lipinski definition) is 6. The number of nitrogens with zero attached hydrogens (tertiary/aromatic N) is 3. The summed E-state index contributed by atoms with van der Waals surface area (Å²) in [6, 6.07) is 10.6. The molecule has 2 atom stereocenters. The lowest BCUT2D eigenvalue weighted by Gasteiger charge is -2.49. The summed E-state index contributed by atoms with van der Waals surface area (Å²) in [7, 11) is 0. The number of alkyl carbamates (subject to hydrolysis) is 1. The molecule has 12 heteroatoms. The maximum absolute atomic E-state index is 13.7. The van der Waals surface area contributed by atoms with Gasteiger partial charge in [-0.05, 0) is 48.6 Å². The van der Waals surface area contributed by atoms with Crippen molar-refractivity contribution in [2.45, 2.75) is 71.3 Å². The average molecular weight is 580 g/mol. The number of amides is 1. The molecule has 3 rings (SSSR count). The standard InChI is InChI=1S/C29H37F4N5O3/c1-5-15-27(3,4)28(36-26(40)41-17-6-2,23(39)18-34-25-9-7-8-24(30)35-25)19-38-16-14-22(37-38)20-10-12-21(13-11-20)29(31,32)33/h7-14,16,23,39H,5-6,15,17-19H2,1-4H3,(H,34,35)(H,36,40)/t23-,28+/m1/s1. The zero-order chi connectivity index (χ0) is 30.3. The molecule has 0 fully saturated rings. The number of hydrogen-bond donors (Lipinski definition) is 3. The summed E-state index contributed by atoms with van der Waals surface area (Å²) >= 11 is 0. The monoisotopic (exact) mass is 579 g/mol. The van der Waals surface area contributed by atoms with Crippen LogP contribution in [0.4, 0.5) is 28.2 Å². The van der Waals surface area contributed by atoms with E-state index in [1.807, 2.05) is 27.7 Å². The van der Waals surface area contributed by atoms with Crippen molar-refractivity contribution in [3.05, 3.63) is 66.2 Å². The molecule has 41 heavy (non-hydrogen) atoms. The number of aromatic nitrogens is 3. The first-order valence-corrected chi connectivity index (χ1v) is 13.5. The van der Waals surface area contributed by atoms with Crippen LogP contribution in [0.5, 0.6) is 0 Å². The third-order valence-corrected chi connectivity index (χ3v) is 7.17. The van der Waals surface area contributed by atoms with Crippen molar-refractivity contribution >= 4 is 11.9 Å². The summed E-state index contributed by atoms with van der Waals surface area (Å²) in [6.45, 7) is 7.77. The molecule has 0 saturated carbocycles. The minimum absolute atomic E-state index is 0.00128. The molecule has 0 aliphatic rings. The quantitative estimate of drug-likeness (QED) is 0.163. The Balaban J connectivity index is 1.98. The van der Waals surface area contributed by atoms with Crippen LogP contribution in [0.25, 0.3) is 11.3 Å². The molecule has 8 nitrogen and oxygen atoms in total. The molecule has 1 aromatic carbocycles. The van der Waals surface area contributed by atoms with Gasteiger partial charge in [0.25, 0.3) is 0 Å². The normalized spacial score (nSPS) is 14.3. The number of halogens is 4. The topological polar surface area (TPSA) is 101 Å². The highest BCUT2D eigenvalue weighted by Crippen LogP contribution is 2.40. The van der Waals surface area contributed by atoms with E-state index in [4.69, 9.17) is 4.74 Å². The number of alkyl halides is 3. The first-order valence-electron chi connectivity index (χ1n) is 13.5. The molecule has 3 aromatic rings. The van der Waals surface area contributed by atoms with Crippen LogP contribution in [0.1, 0.15) is 52.5 Å². The van der Waals surface area contributed by atoms with Crippen LogP contribution in [0.2, 0.25) is 0 Å². The van der Waals surface area contributed by atoms with E-state index in [1.54, 1.807) is 18.3 Å². The number of ether oxygens (including phenoxy) is 1. The van der Waals surface area contributed by atoms with Gasteiger partial charge in [0.15, 0.2) is 0 Å². The number of pyridine rings is 1. The van der Waals surface area contributed by atoms with Crippen molar-refractivity contribution in [1.82, 2.24) is 20.1 Å². The zero-order valence-electron chi connectivity index (χ0n) is 23.6. The highest BCUT2D eigenvalue weighted by Gasteiger charge is 2.52. The van der Waals surface area contributed by atoms with Gasteiger partial charge in [0.2, 0.25) is 5.95 Å². The SMILES string of the molecule is CCCOC(=O)N[C@@](Cn1ccc(-c2ccc(C(F)(F)F)cc2)n1)([C@H](O)CNc1cccc(F)n1)C(C)(C)CCC. The van der Waals surface area contributed by atoms with Crippen molar-refractivity contribution in [3.63, 3.8) is 0 Å². The molecule has 0 aliphatic carbocycles. The van der Waals surface area contributed by atoms with Gasteiger partial charge in [-0.25, -0.2) is 9.78 Å². The number of anilines is 1. The maximum Gasteiger partial charge on any atom is 0.416 e. The predicted octanol–water partition coefficient (Wildman–Crippen LogP) is 6.28. The summed E-state index contributed by atoms with van der Waals surface area (Å²) in [5.41, 5.74) is -1.93. The van der Waals surface area contributed by atoms with Gasteiger partial charge in [-0.2, -0.15) is 22.7 Å². The molecule has 0 radical (unpaired) electrons. The van der Waals surface area contributed by atoms with Crippen molar-refractivity contribution < 1.29 is 32.2 Å². The molecule has 224 valence electrons. The Kier molecular flexibility index (Phi) is 10.4. The highest BCUT2D eigenvalue weighted by atomic mass is 19.4. The Hall–Kier alpha value is -3.67. The first-order chi connectivity index (χ1) is 19.3. The van der Waals surface area contributed by atoms with Gasteiger partial charge in [0, 0.05) is 18.3 Å². The second-order valence-electron chi connectivity index (χ2n) is 10.6. The van der Waals surface area contributed by atoms with E-state index in [0.29, 0.717) is 24.1 Å². The second kappa shape index (κ2) is 13.3. The number of aliphatic hydroxyl groups is 1. The van der Waals surface area contributed by atoms with Gasteiger partial charge < -0.3 is 20.5 Å². The minimum atomic E-state index is -4.45. The number of aliphatic hydroxyl groups excluding tert-OH is 1. The molecule has 0 saturated heterocycles. The average Bonchev–Trinajstić information content (AvgIpc) is 3.38. The second-order valence-corrected chi connectivity index (χ2v) is 10.6. The van der Waals surface area contributed by atoms with Crippen molar-refractivity contribution in [2.75, 3.05) is 18.5 Å². The van der Waals surface area contributed by atoms with Gasteiger partial charge in [-0.3, -0.25) is 4.68 Å². The van der Waals surface area contributed by atoms with Gasteiger partial charge in [0.05, 0.1) is 36.1 Å². The maximum atomic E-state index is 13.7. The molecule has 2 heterocycles. The Morgan fingerprint density at radius 1 is 1.07 bits per heavy atom. The molecular weight excluding hydrogens is 542 g/mol. The Morgan fingerprint density at radius 3 is 2.39 bits per heavy atom. The summed E-state index contributed by atoms with van der Waals surface area (Å²) in [4.78, 5) is 16.8. The van der Waals surface area contributed by atoms with Gasteiger partial charge in [-0.15, -0.1) is 0 Å². The van der Waals surface area contributed by atoms with E-state index in [0.717, 1.165) is 18.6 Å². The summed E-state index contributed by atoms with van der Waals surface area (Å²) in [6.07, 6.45) is -2.83. The van der Waals surface area contributed by atoms with E-state index >= 15 is 0 Å². The van der Waals surface area contributed by atoms with Crippen LogP contribution in [0, 0.1) is 11.4 Å². The first kappa shape index (κ1) is 31.9. The fourth-order valence-electron chi connectivity index (χ4n) is 4.89. The summed E-state index contributed by atoms with van der Waals surface area (Å²) < 4.78 is 59.6. The Bertz CT molecular complexity index is 1280. The third-order valence-electron chi connectivity index (χ3n) is 7.17. The molecule has 2 aromatic heterocycles. The summed E-state index contributed by atoms with van der Waals surface area (Å²) in [5, 5.41) is 22.1. The number of carbonyl (C=O) groups is 1. The lowest BCUT2D eigenvalue weighted by molar-refractivity contribution is -0.137. The smallest absolute Gasteiger partial charge is 0.416 e. The van der Waals surface area contributed by atoms with Gasteiger partial charge >= 0.3 is 12.3 Å². The van der Waals surface area contributed by atoms with Crippen LogP contribution < -0.4 is 10.6 Å². The van der Waals surface area contributed by atoms with E-state index in [1.165, 1.54) is 28.9 Å². The third kappa shape index (κ3) is 7.96. The lowest BCUT2D eigenvalue weighted by Crippen LogP contribution is -2.68. The molecule has 0 aliphatic heterocycles. The molecule has 0 unspecified atom stereocenters. The number of carbonyl (C=O) groups excluding carboxylic acids is 1. The number of rotatable bonds is 13. The van der Waals surface area contributed by atoms with E-state index in [-0.39, 0.29) is 25.5 Å². The van der Waals surface area contributed by atoms with Crippen molar-refractivity contribution in [1.29, 1.82) is 0 Å². The van der Waals surface area contributed by atoms with E-state index in [9.17, 15) is 27.5 Å². The zero-order valence-corrected chi connectivity index (χ0v) is 23.6.